The molecule has 0 saturated heterocycles. The fraction of sp³-hybridized carbons (Fsp3) is 0.130. The Morgan fingerprint density at radius 3 is 2.22 bits per heavy atom. The summed E-state index contributed by atoms with van der Waals surface area (Å²) in [5.41, 5.74) is 0.0466. The van der Waals surface area contributed by atoms with E-state index >= 15 is 0 Å². The average molecular weight is 592 g/mol. The molecule has 3 aromatic rings. The first-order valence-electron chi connectivity index (χ1n) is 10.1. The van der Waals surface area contributed by atoms with E-state index in [9.17, 15) is 24.1 Å². The Morgan fingerprint density at radius 2 is 1.58 bits per heavy atom. The molecule has 2 N–H and O–H groups in total. The number of halogens is 6. The van der Waals surface area contributed by atoms with Crippen LogP contribution in [0.5, 0.6) is 0 Å². The van der Waals surface area contributed by atoms with Crippen LogP contribution in [0, 0.1) is 21.8 Å². The summed E-state index contributed by atoms with van der Waals surface area (Å²) in [6.45, 7) is 0. The third-order valence-corrected chi connectivity index (χ3v) is 7.12. The quantitative estimate of drug-likeness (QED) is 0.176. The maximum Gasteiger partial charge on any atom is 0.274 e. The van der Waals surface area contributed by atoms with E-state index in [-0.39, 0.29) is 22.0 Å². The Balaban J connectivity index is 1.52. The molecule has 36 heavy (non-hydrogen) atoms. The van der Waals surface area contributed by atoms with E-state index in [4.69, 9.17) is 58.0 Å². The van der Waals surface area contributed by atoms with Crippen LogP contribution in [-0.2, 0) is 4.79 Å². The summed E-state index contributed by atoms with van der Waals surface area (Å²) in [5, 5.41) is 16.7. The second-order valence-corrected chi connectivity index (χ2v) is 10.7. The van der Waals surface area contributed by atoms with Gasteiger partial charge in [0, 0.05) is 27.7 Å². The van der Waals surface area contributed by atoms with Gasteiger partial charge in [0.1, 0.15) is 10.2 Å². The molecule has 7 nitrogen and oxygen atoms in total. The second-order valence-electron chi connectivity index (χ2n) is 7.93. The molecule has 2 amide bonds. The minimum atomic E-state index is -1.41. The molecule has 0 unspecified atom stereocenters. The molecule has 0 aliphatic heterocycles. The summed E-state index contributed by atoms with van der Waals surface area (Å²) in [4.78, 5) is 35.9. The molecule has 2 atom stereocenters. The molecule has 186 valence electrons. The molecule has 0 bridgehead atoms. The van der Waals surface area contributed by atoms with Crippen molar-refractivity contribution < 1.29 is 18.9 Å². The number of nitro benzene ring substituents is 1. The van der Waals surface area contributed by atoms with Crippen LogP contribution in [0.15, 0.2) is 54.6 Å². The van der Waals surface area contributed by atoms with Gasteiger partial charge in [-0.25, -0.2) is 4.39 Å². The van der Waals surface area contributed by atoms with E-state index in [1.54, 1.807) is 12.1 Å². The Hall–Kier alpha value is -2.62. The fourth-order valence-electron chi connectivity index (χ4n) is 3.77. The molecular weight excluding hydrogens is 579 g/mol. The number of nitrogens with zero attached hydrogens (tertiary/aromatic N) is 1. The van der Waals surface area contributed by atoms with Gasteiger partial charge < -0.3 is 10.6 Å². The molecule has 0 spiro atoms. The van der Waals surface area contributed by atoms with Crippen molar-refractivity contribution in [1.29, 1.82) is 0 Å². The Bertz CT molecular complexity index is 1400. The van der Waals surface area contributed by atoms with Crippen molar-refractivity contribution in [2.75, 3.05) is 10.6 Å². The van der Waals surface area contributed by atoms with Crippen LogP contribution in [0.25, 0.3) is 0 Å². The standard InChI is InChI=1S/C23H13Cl5FN3O4/c24-11-3-10(4-12(25)5-11)19-20(23(19,27)28)22(34)30-14-1-2-18(26)17(9-14)21(33)31-15-6-13(29)7-16(8-15)32(35)36/h1-9,19-20H,(H,30,34)(H,31,33)/t19-,20+/m0/s1. The van der Waals surface area contributed by atoms with Gasteiger partial charge in [-0.15, -0.1) is 23.2 Å². The number of benzene rings is 3. The highest BCUT2D eigenvalue weighted by molar-refractivity contribution is 6.53. The van der Waals surface area contributed by atoms with E-state index in [1.807, 2.05) is 0 Å². The van der Waals surface area contributed by atoms with Gasteiger partial charge in [0.15, 0.2) is 0 Å². The number of nitrogens with one attached hydrogen (secondary N) is 2. The summed E-state index contributed by atoms with van der Waals surface area (Å²) >= 11 is 31.0. The minimum absolute atomic E-state index is 0.0262. The van der Waals surface area contributed by atoms with Crippen molar-refractivity contribution >= 4 is 86.9 Å². The first-order valence-corrected chi connectivity index (χ1v) is 12.0. The van der Waals surface area contributed by atoms with Crippen molar-refractivity contribution in [1.82, 2.24) is 0 Å². The van der Waals surface area contributed by atoms with E-state index in [1.165, 1.54) is 24.3 Å². The summed E-state index contributed by atoms with van der Waals surface area (Å²) < 4.78 is 12.3. The van der Waals surface area contributed by atoms with Gasteiger partial charge in [-0.3, -0.25) is 19.7 Å². The minimum Gasteiger partial charge on any atom is -0.326 e. The molecule has 0 heterocycles. The molecule has 13 heteroatoms. The number of anilines is 2. The smallest absolute Gasteiger partial charge is 0.274 e. The lowest BCUT2D eigenvalue weighted by atomic mass is 10.1. The van der Waals surface area contributed by atoms with Crippen molar-refractivity contribution in [2.24, 2.45) is 5.92 Å². The van der Waals surface area contributed by atoms with Crippen LogP contribution in [-0.4, -0.2) is 21.1 Å². The summed E-state index contributed by atoms with van der Waals surface area (Å²) in [6.07, 6.45) is 0. The van der Waals surface area contributed by atoms with Crippen molar-refractivity contribution in [3.05, 3.63) is 96.7 Å². The van der Waals surface area contributed by atoms with Crippen LogP contribution in [0.2, 0.25) is 15.1 Å². The molecular formula is C23H13Cl5FN3O4. The zero-order valence-electron chi connectivity index (χ0n) is 17.7. The van der Waals surface area contributed by atoms with Gasteiger partial charge in [-0.1, -0.05) is 34.8 Å². The number of alkyl halides is 2. The third-order valence-electron chi connectivity index (χ3n) is 5.41. The lowest BCUT2D eigenvalue weighted by Gasteiger charge is -2.10. The average Bonchev–Trinajstić information content (AvgIpc) is 3.36. The van der Waals surface area contributed by atoms with Gasteiger partial charge in [-0.2, -0.15) is 0 Å². The Kier molecular flexibility index (Phi) is 7.37. The number of carbonyl (C=O) groups excluding carboxylic acids is 2. The molecule has 1 aliphatic rings. The molecule has 0 aromatic heterocycles. The Labute approximate surface area is 228 Å². The highest BCUT2D eigenvalue weighted by Crippen LogP contribution is 2.65. The number of hydrogen-bond acceptors (Lipinski definition) is 4. The lowest BCUT2D eigenvalue weighted by molar-refractivity contribution is -0.385. The van der Waals surface area contributed by atoms with Crippen LogP contribution < -0.4 is 10.6 Å². The Morgan fingerprint density at radius 1 is 0.917 bits per heavy atom. The second kappa shape index (κ2) is 10.0. The van der Waals surface area contributed by atoms with Crippen LogP contribution in [0.4, 0.5) is 21.5 Å². The van der Waals surface area contributed by atoms with E-state index < -0.39 is 44.4 Å². The fourth-order valence-corrected chi connectivity index (χ4v) is 5.34. The normalized spacial score (nSPS) is 17.8. The molecule has 3 aromatic carbocycles. The summed E-state index contributed by atoms with van der Waals surface area (Å²) in [5.74, 6) is -3.61. The number of rotatable bonds is 6. The van der Waals surface area contributed by atoms with Gasteiger partial charge in [0.25, 0.3) is 11.6 Å². The van der Waals surface area contributed by atoms with E-state index in [0.29, 0.717) is 15.6 Å². The molecule has 4 rings (SSSR count). The molecule has 0 radical (unpaired) electrons. The van der Waals surface area contributed by atoms with Gasteiger partial charge in [0.05, 0.1) is 33.2 Å². The van der Waals surface area contributed by atoms with Gasteiger partial charge >= 0.3 is 0 Å². The van der Waals surface area contributed by atoms with E-state index in [2.05, 4.69) is 10.6 Å². The molecule has 1 aliphatic carbocycles. The number of nitro groups is 1. The van der Waals surface area contributed by atoms with E-state index in [0.717, 1.165) is 18.2 Å². The number of non-ortho nitro benzene ring substituents is 1. The first-order chi connectivity index (χ1) is 16.9. The van der Waals surface area contributed by atoms with Crippen LogP contribution in [0.1, 0.15) is 21.8 Å². The monoisotopic (exact) mass is 589 g/mol. The zero-order valence-corrected chi connectivity index (χ0v) is 21.5. The van der Waals surface area contributed by atoms with Crippen molar-refractivity contribution in [3.63, 3.8) is 0 Å². The van der Waals surface area contributed by atoms with Gasteiger partial charge in [-0.05, 0) is 48.0 Å². The largest absolute Gasteiger partial charge is 0.326 e. The SMILES string of the molecule is O=C(Nc1cc(F)cc([N+](=O)[O-])c1)c1cc(NC(=O)[C@H]2[C@H](c3cc(Cl)cc(Cl)c3)C2(Cl)Cl)ccc1Cl. The van der Waals surface area contributed by atoms with Crippen LogP contribution >= 0.6 is 58.0 Å². The zero-order chi connectivity index (χ0) is 26.4. The van der Waals surface area contributed by atoms with Crippen molar-refractivity contribution in [3.8, 4) is 0 Å². The highest BCUT2D eigenvalue weighted by atomic mass is 35.5. The topological polar surface area (TPSA) is 101 Å². The van der Waals surface area contributed by atoms with Crippen LogP contribution in [0.3, 0.4) is 0 Å². The number of amides is 2. The number of carbonyl (C=O) groups is 2. The third kappa shape index (κ3) is 5.53. The highest BCUT2D eigenvalue weighted by Gasteiger charge is 2.67. The maximum atomic E-state index is 13.7. The molecule has 1 saturated carbocycles. The number of hydrogen-bond donors (Lipinski definition) is 2. The maximum absolute atomic E-state index is 13.7. The first kappa shape index (κ1) is 26.4. The van der Waals surface area contributed by atoms with Gasteiger partial charge in [0.2, 0.25) is 5.91 Å². The summed E-state index contributed by atoms with van der Waals surface area (Å²) in [6, 6.07) is 11.5. The predicted molar refractivity (Wildman–Crippen MR) is 138 cm³/mol. The lowest BCUT2D eigenvalue weighted by Crippen LogP contribution is -2.18. The predicted octanol–water partition coefficient (Wildman–Crippen LogP) is 7.47. The summed E-state index contributed by atoms with van der Waals surface area (Å²) in [7, 11) is 0. The molecule has 1 fully saturated rings. The van der Waals surface area contributed by atoms with Crippen molar-refractivity contribution in [2.45, 2.75) is 10.3 Å².